The number of rotatable bonds is 3. The first-order chi connectivity index (χ1) is 9.39. The van der Waals surface area contributed by atoms with Gasteiger partial charge in [0.2, 0.25) is 0 Å². The van der Waals surface area contributed by atoms with Gasteiger partial charge in [0, 0.05) is 12.2 Å². The predicted molar refractivity (Wildman–Crippen MR) is 80.8 cm³/mol. The van der Waals surface area contributed by atoms with Crippen LogP contribution in [-0.2, 0) is 0 Å². The van der Waals surface area contributed by atoms with Crippen molar-refractivity contribution >= 4 is 23.2 Å². The fourth-order valence-electron chi connectivity index (χ4n) is 2.53. The van der Waals surface area contributed by atoms with Crippen molar-refractivity contribution < 1.29 is 9.90 Å². The predicted octanol–water partition coefficient (Wildman–Crippen LogP) is 2.59. The van der Waals surface area contributed by atoms with Crippen LogP contribution in [0.1, 0.15) is 43.0 Å². The van der Waals surface area contributed by atoms with Crippen LogP contribution in [-0.4, -0.2) is 23.2 Å². The zero-order valence-corrected chi connectivity index (χ0v) is 12.4. The molecule has 4 nitrogen and oxygen atoms in total. The summed E-state index contributed by atoms with van der Waals surface area (Å²) in [5.41, 5.74) is 5.70. The second-order valence-corrected chi connectivity index (χ2v) is 6.24. The highest BCUT2D eigenvalue weighted by atomic mass is 35.5. The average Bonchev–Trinajstić information content (AvgIpc) is 2.43. The Labute approximate surface area is 124 Å². The Balaban J connectivity index is 1.97. The van der Waals surface area contributed by atoms with Crippen LogP contribution >= 0.6 is 11.6 Å². The Kier molecular flexibility index (Phi) is 4.55. The SMILES string of the molecule is CC1CCC(O)(CNC(=O)c2cc(N)ccc2Cl)CC1. The summed E-state index contributed by atoms with van der Waals surface area (Å²) in [6.45, 7) is 2.44. The maximum Gasteiger partial charge on any atom is 0.252 e. The monoisotopic (exact) mass is 296 g/mol. The highest BCUT2D eigenvalue weighted by molar-refractivity contribution is 6.34. The third kappa shape index (κ3) is 3.64. The third-order valence-electron chi connectivity index (χ3n) is 4.02. The lowest BCUT2D eigenvalue weighted by molar-refractivity contribution is -0.00539. The minimum Gasteiger partial charge on any atom is -0.399 e. The molecule has 1 aromatic rings. The van der Waals surface area contributed by atoms with Gasteiger partial charge in [-0.3, -0.25) is 4.79 Å². The molecule has 0 radical (unpaired) electrons. The molecule has 20 heavy (non-hydrogen) atoms. The summed E-state index contributed by atoms with van der Waals surface area (Å²) in [5.74, 6) is 0.351. The van der Waals surface area contributed by atoms with E-state index < -0.39 is 5.60 Å². The van der Waals surface area contributed by atoms with Crippen LogP contribution in [0, 0.1) is 5.92 Å². The fourth-order valence-corrected chi connectivity index (χ4v) is 2.74. The van der Waals surface area contributed by atoms with Gasteiger partial charge < -0.3 is 16.2 Å². The van der Waals surface area contributed by atoms with Crippen LogP contribution in [0.3, 0.4) is 0 Å². The van der Waals surface area contributed by atoms with Crippen LogP contribution in [0.15, 0.2) is 18.2 Å². The number of hydrogen-bond donors (Lipinski definition) is 3. The molecular formula is C15H21ClN2O2. The minimum absolute atomic E-state index is 0.254. The van der Waals surface area contributed by atoms with Crippen molar-refractivity contribution in [3.8, 4) is 0 Å². The van der Waals surface area contributed by atoms with E-state index >= 15 is 0 Å². The van der Waals surface area contributed by atoms with E-state index in [4.69, 9.17) is 17.3 Å². The molecule has 0 heterocycles. The molecule has 0 aliphatic heterocycles. The van der Waals surface area contributed by atoms with Gasteiger partial charge in [0.25, 0.3) is 5.91 Å². The number of halogens is 1. The van der Waals surface area contributed by atoms with E-state index in [2.05, 4.69) is 12.2 Å². The Morgan fingerprint density at radius 2 is 2.15 bits per heavy atom. The van der Waals surface area contributed by atoms with E-state index in [1.54, 1.807) is 18.2 Å². The van der Waals surface area contributed by atoms with Crippen LogP contribution in [0.2, 0.25) is 5.02 Å². The summed E-state index contributed by atoms with van der Waals surface area (Å²) in [7, 11) is 0. The number of nitrogens with two attached hydrogens (primary N) is 1. The molecule has 1 aliphatic rings. The number of aliphatic hydroxyl groups is 1. The van der Waals surface area contributed by atoms with Gasteiger partial charge in [-0.25, -0.2) is 0 Å². The van der Waals surface area contributed by atoms with Gasteiger partial charge in [-0.15, -0.1) is 0 Å². The second-order valence-electron chi connectivity index (χ2n) is 5.83. The molecule has 1 saturated carbocycles. The molecule has 110 valence electrons. The van der Waals surface area contributed by atoms with E-state index in [1.807, 2.05) is 0 Å². The molecule has 1 fully saturated rings. The number of benzene rings is 1. The zero-order valence-electron chi connectivity index (χ0n) is 11.7. The number of nitrogen functional groups attached to an aromatic ring is 1. The van der Waals surface area contributed by atoms with Gasteiger partial charge in [0.05, 0.1) is 16.2 Å². The molecule has 5 heteroatoms. The zero-order chi connectivity index (χ0) is 14.8. The molecule has 4 N–H and O–H groups in total. The Bertz CT molecular complexity index is 497. The van der Waals surface area contributed by atoms with Gasteiger partial charge in [-0.2, -0.15) is 0 Å². The summed E-state index contributed by atoms with van der Waals surface area (Å²) < 4.78 is 0. The Morgan fingerprint density at radius 3 is 2.80 bits per heavy atom. The smallest absolute Gasteiger partial charge is 0.252 e. The van der Waals surface area contributed by atoms with Crippen molar-refractivity contribution in [2.75, 3.05) is 12.3 Å². The summed E-state index contributed by atoms with van der Waals surface area (Å²) in [6, 6.07) is 4.79. The van der Waals surface area contributed by atoms with Crippen molar-refractivity contribution in [1.82, 2.24) is 5.32 Å². The first-order valence-electron chi connectivity index (χ1n) is 6.95. The molecule has 1 aliphatic carbocycles. The summed E-state index contributed by atoms with van der Waals surface area (Å²) in [6.07, 6.45) is 3.43. The summed E-state index contributed by atoms with van der Waals surface area (Å²) >= 11 is 5.99. The lowest BCUT2D eigenvalue weighted by atomic mass is 9.79. The van der Waals surface area contributed by atoms with E-state index in [-0.39, 0.29) is 12.5 Å². The van der Waals surface area contributed by atoms with Crippen molar-refractivity contribution in [2.45, 2.75) is 38.2 Å². The van der Waals surface area contributed by atoms with Crippen LogP contribution in [0.5, 0.6) is 0 Å². The number of amides is 1. The molecule has 1 aromatic carbocycles. The molecule has 0 atom stereocenters. The number of carbonyl (C=O) groups excluding carboxylic acids is 1. The normalized spacial score (nSPS) is 26.2. The first kappa shape index (κ1) is 15.1. The third-order valence-corrected chi connectivity index (χ3v) is 4.35. The largest absolute Gasteiger partial charge is 0.399 e. The van der Waals surface area contributed by atoms with Crippen molar-refractivity contribution in [3.63, 3.8) is 0 Å². The highest BCUT2D eigenvalue weighted by Crippen LogP contribution is 2.31. The van der Waals surface area contributed by atoms with Crippen LogP contribution in [0.4, 0.5) is 5.69 Å². The fraction of sp³-hybridized carbons (Fsp3) is 0.533. The van der Waals surface area contributed by atoms with Gasteiger partial charge >= 0.3 is 0 Å². The first-order valence-corrected chi connectivity index (χ1v) is 7.33. The maximum absolute atomic E-state index is 12.1. The summed E-state index contributed by atoms with van der Waals surface area (Å²) in [5, 5.41) is 13.6. The molecule has 0 spiro atoms. The number of anilines is 1. The average molecular weight is 297 g/mol. The number of carbonyl (C=O) groups is 1. The maximum atomic E-state index is 12.1. The molecule has 1 amide bonds. The molecule has 0 aromatic heterocycles. The molecule has 0 saturated heterocycles. The topological polar surface area (TPSA) is 75.3 Å². The lowest BCUT2D eigenvalue weighted by Gasteiger charge is -2.35. The molecular weight excluding hydrogens is 276 g/mol. The number of hydrogen-bond acceptors (Lipinski definition) is 3. The van der Waals surface area contributed by atoms with Gasteiger partial charge in [-0.1, -0.05) is 18.5 Å². The Morgan fingerprint density at radius 1 is 1.50 bits per heavy atom. The van der Waals surface area contributed by atoms with E-state index in [0.29, 0.717) is 22.2 Å². The Hall–Kier alpha value is -1.26. The van der Waals surface area contributed by atoms with Crippen molar-refractivity contribution in [3.05, 3.63) is 28.8 Å². The van der Waals surface area contributed by atoms with Crippen molar-refractivity contribution in [1.29, 1.82) is 0 Å². The van der Waals surface area contributed by atoms with Crippen molar-refractivity contribution in [2.24, 2.45) is 5.92 Å². The van der Waals surface area contributed by atoms with E-state index in [9.17, 15) is 9.90 Å². The van der Waals surface area contributed by atoms with Gasteiger partial charge in [0.1, 0.15) is 0 Å². The highest BCUT2D eigenvalue weighted by Gasteiger charge is 2.32. The number of nitrogens with one attached hydrogen (secondary N) is 1. The molecule has 2 rings (SSSR count). The molecule has 0 unspecified atom stereocenters. The minimum atomic E-state index is -0.797. The summed E-state index contributed by atoms with van der Waals surface area (Å²) in [4.78, 5) is 12.1. The standard InChI is InChI=1S/C15H21ClN2O2/c1-10-4-6-15(20,7-5-10)9-18-14(19)12-8-11(17)2-3-13(12)16/h2-3,8,10,20H,4-7,9,17H2,1H3,(H,18,19). The molecule has 0 bridgehead atoms. The van der Waals surface area contributed by atoms with Crippen LogP contribution < -0.4 is 11.1 Å². The lowest BCUT2D eigenvalue weighted by Crippen LogP contribution is -2.45. The van der Waals surface area contributed by atoms with Gasteiger partial charge in [-0.05, 0) is 49.8 Å². The quantitative estimate of drug-likeness (QED) is 0.751. The van der Waals surface area contributed by atoms with Crippen LogP contribution in [0.25, 0.3) is 0 Å². The van der Waals surface area contributed by atoms with E-state index in [1.165, 1.54) is 0 Å². The van der Waals surface area contributed by atoms with Gasteiger partial charge in [0.15, 0.2) is 0 Å². The van der Waals surface area contributed by atoms with E-state index in [0.717, 1.165) is 25.7 Å². The second kappa shape index (κ2) is 6.02.